The molecule has 1 amide bonds. The lowest BCUT2D eigenvalue weighted by atomic mass is 10.2. The maximum atomic E-state index is 13.2. The van der Waals surface area contributed by atoms with Gasteiger partial charge in [-0.25, -0.2) is 19.2 Å². The second-order valence-corrected chi connectivity index (χ2v) is 4.67. The second kappa shape index (κ2) is 5.72. The predicted octanol–water partition coefficient (Wildman–Crippen LogP) is 1.79. The van der Waals surface area contributed by atoms with Gasteiger partial charge in [0.15, 0.2) is 0 Å². The van der Waals surface area contributed by atoms with Crippen molar-refractivity contribution in [1.29, 1.82) is 0 Å². The number of nitrogens with one attached hydrogen (secondary N) is 1. The molecule has 100 valence electrons. The Balaban J connectivity index is 2.61. The molecule has 0 saturated carbocycles. The van der Waals surface area contributed by atoms with E-state index in [0.717, 1.165) is 0 Å². The molecule has 1 atom stereocenters. The highest BCUT2D eigenvalue weighted by atomic mass is 19.1. The van der Waals surface area contributed by atoms with E-state index in [2.05, 4.69) is 15.3 Å². The number of ether oxygens (including phenoxy) is 1. The number of nitrogens with zero attached hydrogens (tertiary/aromatic N) is 2. The lowest BCUT2D eigenvalue weighted by molar-refractivity contribution is 0.0634. The highest BCUT2D eigenvalue weighted by Crippen LogP contribution is 2.14. The van der Waals surface area contributed by atoms with Gasteiger partial charge in [-0.05, 0) is 20.8 Å². The maximum absolute atomic E-state index is 13.2. The first-order valence-corrected chi connectivity index (χ1v) is 5.48. The number of halogens is 1. The largest absolute Gasteiger partial charge is 0.444 e. The summed E-state index contributed by atoms with van der Waals surface area (Å²) in [5.74, 6) is 0.0530. The number of carbonyl (C=O) groups is 1. The number of amides is 1. The number of alkyl halides is 1. The van der Waals surface area contributed by atoms with Gasteiger partial charge in [-0.15, -0.1) is 0 Å². The lowest BCUT2D eigenvalue weighted by Gasteiger charge is -2.19. The number of hydrogen-bond donors (Lipinski definition) is 2. The van der Waals surface area contributed by atoms with Gasteiger partial charge in [0.2, 0.25) is 5.95 Å². The van der Waals surface area contributed by atoms with Crippen LogP contribution in [0.4, 0.5) is 15.1 Å². The molecule has 0 aliphatic heterocycles. The molecule has 1 heterocycles. The highest BCUT2D eigenvalue weighted by molar-refractivity contribution is 5.82. The van der Waals surface area contributed by atoms with Crippen molar-refractivity contribution in [3.8, 4) is 0 Å². The first-order valence-electron chi connectivity index (χ1n) is 5.48. The summed E-state index contributed by atoms with van der Waals surface area (Å²) in [5, 5.41) is 2.35. The summed E-state index contributed by atoms with van der Waals surface area (Å²) in [6.07, 6.45) is 0.584. The first-order chi connectivity index (χ1) is 8.31. The van der Waals surface area contributed by atoms with Crippen LogP contribution < -0.4 is 11.1 Å². The number of rotatable bonds is 3. The Morgan fingerprint density at radius 3 is 2.50 bits per heavy atom. The first kappa shape index (κ1) is 14.3. The second-order valence-electron chi connectivity index (χ2n) is 4.67. The lowest BCUT2D eigenvalue weighted by Crippen LogP contribution is -2.27. The van der Waals surface area contributed by atoms with Crippen LogP contribution in [0.5, 0.6) is 0 Å². The van der Waals surface area contributed by atoms with Crippen LogP contribution in [0.15, 0.2) is 12.4 Å². The third kappa shape index (κ3) is 4.62. The molecule has 18 heavy (non-hydrogen) atoms. The van der Waals surface area contributed by atoms with Crippen molar-refractivity contribution < 1.29 is 13.9 Å². The molecule has 1 rings (SSSR count). The Bertz CT molecular complexity index is 402. The van der Waals surface area contributed by atoms with Crippen LogP contribution in [0.3, 0.4) is 0 Å². The topological polar surface area (TPSA) is 90.1 Å². The zero-order valence-corrected chi connectivity index (χ0v) is 10.6. The number of anilines is 1. The molecule has 0 saturated heterocycles. The van der Waals surface area contributed by atoms with E-state index in [1.807, 2.05) is 0 Å². The molecule has 1 unspecified atom stereocenters. The van der Waals surface area contributed by atoms with E-state index < -0.39 is 17.9 Å². The maximum Gasteiger partial charge on any atom is 0.414 e. The number of carbonyl (C=O) groups excluding carboxylic acids is 1. The normalized spacial score (nSPS) is 12.9. The van der Waals surface area contributed by atoms with E-state index in [9.17, 15) is 9.18 Å². The SMILES string of the molecule is CC(C)(C)OC(=O)Nc1ncc(C(F)CN)cn1. The number of aromatic nitrogens is 2. The Morgan fingerprint density at radius 1 is 1.50 bits per heavy atom. The van der Waals surface area contributed by atoms with Gasteiger partial charge >= 0.3 is 6.09 Å². The fraction of sp³-hybridized carbons (Fsp3) is 0.545. The van der Waals surface area contributed by atoms with Crippen LogP contribution >= 0.6 is 0 Å². The predicted molar refractivity (Wildman–Crippen MR) is 64.8 cm³/mol. The Hall–Kier alpha value is -1.76. The van der Waals surface area contributed by atoms with Crippen molar-refractivity contribution in [3.05, 3.63) is 18.0 Å². The van der Waals surface area contributed by atoms with Gasteiger partial charge in [-0.3, -0.25) is 5.32 Å². The number of hydrogen-bond acceptors (Lipinski definition) is 5. The van der Waals surface area contributed by atoms with Gasteiger partial charge in [-0.1, -0.05) is 0 Å². The molecule has 1 aromatic heterocycles. The average molecular weight is 256 g/mol. The zero-order chi connectivity index (χ0) is 13.8. The Morgan fingerprint density at radius 2 is 2.06 bits per heavy atom. The van der Waals surface area contributed by atoms with E-state index in [-0.39, 0.29) is 18.1 Å². The molecule has 0 aliphatic carbocycles. The summed E-state index contributed by atoms with van der Waals surface area (Å²) in [6, 6.07) is 0. The van der Waals surface area contributed by atoms with Gasteiger partial charge in [0.1, 0.15) is 11.8 Å². The van der Waals surface area contributed by atoms with Crippen molar-refractivity contribution in [3.63, 3.8) is 0 Å². The number of nitrogens with two attached hydrogens (primary N) is 1. The minimum atomic E-state index is -1.31. The van der Waals surface area contributed by atoms with Crippen LogP contribution in [0, 0.1) is 0 Å². The molecule has 3 N–H and O–H groups in total. The van der Waals surface area contributed by atoms with Gasteiger partial charge < -0.3 is 10.5 Å². The quantitative estimate of drug-likeness (QED) is 0.860. The molecule has 0 aliphatic rings. The fourth-order valence-corrected chi connectivity index (χ4v) is 1.10. The average Bonchev–Trinajstić information content (AvgIpc) is 2.26. The van der Waals surface area contributed by atoms with E-state index in [0.29, 0.717) is 0 Å². The fourth-order valence-electron chi connectivity index (χ4n) is 1.10. The van der Waals surface area contributed by atoms with Crippen molar-refractivity contribution in [2.24, 2.45) is 5.73 Å². The van der Waals surface area contributed by atoms with Crippen molar-refractivity contribution >= 4 is 12.0 Å². The van der Waals surface area contributed by atoms with E-state index in [1.165, 1.54) is 12.4 Å². The monoisotopic (exact) mass is 256 g/mol. The minimum Gasteiger partial charge on any atom is -0.444 e. The van der Waals surface area contributed by atoms with Crippen LogP contribution in [-0.2, 0) is 4.74 Å². The van der Waals surface area contributed by atoms with E-state index in [1.54, 1.807) is 20.8 Å². The molecule has 0 aromatic carbocycles. The van der Waals surface area contributed by atoms with Gasteiger partial charge in [0.05, 0.1) is 0 Å². The highest BCUT2D eigenvalue weighted by Gasteiger charge is 2.17. The zero-order valence-electron chi connectivity index (χ0n) is 10.6. The van der Waals surface area contributed by atoms with Crippen molar-refractivity contribution in [2.75, 3.05) is 11.9 Å². The molecule has 0 fully saturated rings. The standard InChI is InChI=1S/C11H17FN4O2/c1-11(2,3)18-10(17)16-9-14-5-7(6-15-9)8(12)4-13/h5-6,8H,4,13H2,1-3H3,(H,14,15,16,17). The molecular formula is C11H17FN4O2. The van der Waals surface area contributed by atoms with Crippen LogP contribution in [0.2, 0.25) is 0 Å². The van der Waals surface area contributed by atoms with Crippen LogP contribution in [-0.4, -0.2) is 28.2 Å². The van der Waals surface area contributed by atoms with E-state index >= 15 is 0 Å². The third-order valence-corrected chi connectivity index (χ3v) is 1.85. The summed E-state index contributed by atoms with van der Waals surface area (Å²) in [7, 11) is 0. The van der Waals surface area contributed by atoms with Gasteiger partial charge in [-0.2, -0.15) is 0 Å². The summed E-state index contributed by atoms with van der Waals surface area (Å²) < 4.78 is 18.2. The van der Waals surface area contributed by atoms with E-state index in [4.69, 9.17) is 10.5 Å². The van der Waals surface area contributed by atoms with Crippen molar-refractivity contribution in [2.45, 2.75) is 32.5 Å². The summed E-state index contributed by atoms with van der Waals surface area (Å²) >= 11 is 0. The molecule has 0 spiro atoms. The Kier molecular flexibility index (Phi) is 4.55. The molecule has 0 bridgehead atoms. The van der Waals surface area contributed by atoms with Crippen LogP contribution in [0.25, 0.3) is 0 Å². The minimum absolute atomic E-state index is 0.0530. The summed E-state index contributed by atoms with van der Waals surface area (Å²) in [6.45, 7) is 5.09. The third-order valence-electron chi connectivity index (χ3n) is 1.85. The molecule has 7 heteroatoms. The summed E-state index contributed by atoms with van der Waals surface area (Å²) in [4.78, 5) is 19.0. The smallest absolute Gasteiger partial charge is 0.414 e. The molecule has 1 aromatic rings. The Labute approximate surface area is 105 Å². The molecule has 6 nitrogen and oxygen atoms in total. The van der Waals surface area contributed by atoms with Gasteiger partial charge in [0, 0.05) is 24.5 Å². The summed E-state index contributed by atoms with van der Waals surface area (Å²) in [5.41, 5.74) is 4.84. The van der Waals surface area contributed by atoms with Crippen LogP contribution in [0.1, 0.15) is 32.5 Å². The molecule has 0 radical (unpaired) electrons. The molecular weight excluding hydrogens is 239 g/mol. The van der Waals surface area contributed by atoms with Crippen molar-refractivity contribution in [1.82, 2.24) is 9.97 Å². The van der Waals surface area contributed by atoms with Gasteiger partial charge in [0.25, 0.3) is 0 Å².